The first-order chi connectivity index (χ1) is 7.08. The summed E-state index contributed by atoms with van der Waals surface area (Å²) in [5, 5.41) is 8.74. The predicted octanol–water partition coefficient (Wildman–Crippen LogP) is 0.0351. The molecule has 5 heteroatoms. The van der Waals surface area contributed by atoms with Crippen molar-refractivity contribution in [1.29, 1.82) is 0 Å². The molecular formula is C10H15N3O2. The van der Waals surface area contributed by atoms with Gasteiger partial charge in [-0.05, 0) is 7.05 Å². The molecule has 2 heterocycles. The van der Waals surface area contributed by atoms with Crippen molar-refractivity contribution in [1.82, 2.24) is 14.5 Å². The maximum Gasteiger partial charge on any atom is 0.311 e. The number of likely N-dealkylation sites (N-methyl/N-ethyl adjacent to an activating group) is 1. The van der Waals surface area contributed by atoms with Crippen molar-refractivity contribution in [3.63, 3.8) is 0 Å². The molecule has 1 aliphatic heterocycles. The Labute approximate surface area is 88.3 Å². The molecule has 0 fully saturated rings. The van der Waals surface area contributed by atoms with Crippen LogP contribution in [0.25, 0.3) is 0 Å². The van der Waals surface area contributed by atoms with Crippen molar-refractivity contribution in [2.75, 3.05) is 13.6 Å². The van der Waals surface area contributed by atoms with Crippen LogP contribution in [0.3, 0.4) is 0 Å². The normalized spacial score (nSPS) is 16.4. The van der Waals surface area contributed by atoms with E-state index in [-0.39, 0.29) is 6.42 Å². The first-order valence-corrected chi connectivity index (χ1v) is 5.01. The minimum atomic E-state index is -0.825. The van der Waals surface area contributed by atoms with Gasteiger partial charge < -0.3 is 14.6 Å². The summed E-state index contributed by atoms with van der Waals surface area (Å²) in [5.41, 5.74) is 2.21. The highest BCUT2D eigenvalue weighted by atomic mass is 16.4. The van der Waals surface area contributed by atoms with Crippen LogP contribution in [0.15, 0.2) is 0 Å². The summed E-state index contributed by atoms with van der Waals surface area (Å²) in [6.07, 6.45) is 0.960. The van der Waals surface area contributed by atoms with Crippen molar-refractivity contribution in [2.24, 2.45) is 7.05 Å². The number of carboxylic acid groups (broad SMARTS) is 1. The van der Waals surface area contributed by atoms with Gasteiger partial charge in [0.15, 0.2) is 0 Å². The number of hydrogen-bond donors (Lipinski definition) is 1. The summed E-state index contributed by atoms with van der Waals surface area (Å²) in [6.45, 7) is 1.84. The summed E-state index contributed by atoms with van der Waals surface area (Å²) in [5.74, 6) is -0.170. The third kappa shape index (κ3) is 1.87. The number of carboxylic acids is 1. The Morgan fingerprint density at radius 1 is 1.53 bits per heavy atom. The molecule has 0 atom stereocenters. The lowest BCUT2D eigenvalue weighted by Crippen LogP contribution is -2.27. The number of carbonyl (C=O) groups is 1. The van der Waals surface area contributed by atoms with E-state index < -0.39 is 5.97 Å². The highest BCUT2D eigenvalue weighted by Crippen LogP contribution is 2.18. The van der Waals surface area contributed by atoms with E-state index in [9.17, 15) is 4.79 Å². The van der Waals surface area contributed by atoms with Gasteiger partial charge in [0.1, 0.15) is 12.2 Å². The minimum Gasteiger partial charge on any atom is -0.481 e. The summed E-state index contributed by atoms with van der Waals surface area (Å²) in [4.78, 5) is 17.2. The minimum absolute atomic E-state index is 0.00716. The molecule has 0 unspecified atom stereocenters. The molecule has 0 spiro atoms. The zero-order chi connectivity index (χ0) is 11.0. The van der Waals surface area contributed by atoms with E-state index >= 15 is 0 Å². The van der Waals surface area contributed by atoms with Gasteiger partial charge in [0.2, 0.25) is 0 Å². The van der Waals surface area contributed by atoms with E-state index in [4.69, 9.17) is 5.11 Å². The summed E-state index contributed by atoms with van der Waals surface area (Å²) in [6, 6.07) is 0. The van der Waals surface area contributed by atoms with Crippen LogP contribution in [-0.4, -0.2) is 39.1 Å². The smallest absolute Gasteiger partial charge is 0.311 e. The van der Waals surface area contributed by atoms with Gasteiger partial charge >= 0.3 is 5.97 Å². The van der Waals surface area contributed by atoms with Crippen LogP contribution in [0, 0.1) is 0 Å². The number of rotatable bonds is 2. The number of aliphatic carboxylic acids is 1. The van der Waals surface area contributed by atoms with Crippen LogP contribution < -0.4 is 0 Å². The van der Waals surface area contributed by atoms with Crippen LogP contribution in [0.5, 0.6) is 0 Å². The van der Waals surface area contributed by atoms with Gasteiger partial charge in [0.05, 0.1) is 5.69 Å². The summed E-state index contributed by atoms with van der Waals surface area (Å²) < 4.78 is 1.93. The predicted molar refractivity (Wildman–Crippen MR) is 54.6 cm³/mol. The van der Waals surface area contributed by atoms with Crippen molar-refractivity contribution >= 4 is 5.97 Å². The summed E-state index contributed by atoms with van der Waals surface area (Å²) >= 11 is 0. The molecule has 1 aromatic rings. The summed E-state index contributed by atoms with van der Waals surface area (Å²) in [7, 11) is 3.95. The van der Waals surface area contributed by atoms with E-state index in [0.29, 0.717) is 5.82 Å². The molecule has 0 saturated heterocycles. The average Bonchev–Trinajstić information content (AvgIpc) is 2.42. The van der Waals surface area contributed by atoms with E-state index in [1.165, 1.54) is 5.69 Å². The largest absolute Gasteiger partial charge is 0.481 e. The molecule has 0 bridgehead atoms. The quantitative estimate of drug-likeness (QED) is 0.747. The molecule has 0 aromatic carbocycles. The van der Waals surface area contributed by atoms with Crippen molar-refractivity contribution in [2.45, 2.75) is 19.4 Å². The molecule has 1 N–H and O–H groups in total. The van der Waals surface area contributed by atoms with E-state index in [2.05, 4.69) is 16.9 Å². The number of nitrogens with zero attached hydrogens (tertiary/aromatic N) is 3. The van der Waals surface area contributed by atoms with Gasteiger partial charge in [-0.1, -0.05) is 0 Å². The van der Waals surface area contributed by atoms with E-state index in [0.717, 1.165) is 25.2 Å². The first-order valence-electron chi connectivity index (χ1n) is 5.01. The topological polar surface area (TPSA) is 58.4 Å². The van der Waals surface area contributed by atoms with Crippen molar-refractivity contribution in [3.05, 3.63) is 17.2 Å². The maximum absolute atomic E-state index is 10.6. The third-order valence-electron chi connectivity index (χ3n) is 2.85. The van der Waals surface area contributed by atoms with E-state index in [1.54, 1.807) is 0 Å². The van der Waals surface area contributed by atoms with Crippen LogP contribution in [0.4, 0.5) is 0 Å². The van der Waals surface area contributed by atoms with Crippen molar-refractivity contribution in [3.8, 4) is 0 Å². The standard InChI is InChI=1S/C10H15N3O2/c1-12-4-3-8-7(6-12)11-9(13(8)2)5-10(14)15/h3-6H2,1-2H3,(H,14,15). The zero-order valence-corrected chi connectivity index (χ0v) is 9.03. The fourth-order valence-electron chi connectivity index (χ4n) is 2.01. The Morgan fingerprint density at radius 3 is 2.93 bits per heavy atom. The Balaban J connectivity index is 2.32. The Morgan fingerprint density at radius 2 is 2.27 bits per heavy atom. The lowest BCUT2D eigenvalue weighted by Gasteiger charge is -2.21. The highest BCUT2D eigenvalue weighted by molar-refractivity contribution is 5.69. The Kier molecular flexibility index (Phi) is 2.48. The average molecular weight is 209 g/mol. The van der Waals surface area contributed by atoms with Gasteiger partial charge in [-0.3, -0.25) is 4.79 Å². The molecule has 0 aliphatic carbocycles. The van der Waals surface area contributed by atoms with Crippen LogP contribution in [0.2, 0.25) is 0 Å². The second-order valence-corrected chi connectivity index (χ2v) is 4.04. The lowest BCUT2D eigenvalue weighted by atomic mass is 10.1. The Hall–Kier alpha value is -1.36. The first kappa shape index (κ1) is 10.2. The van der Waals surface area contributed by atoms with E-state index in [1.807, 2.05) is 11.6 Å². The monoisotopic (exact) mass is 209 g/mol. The van der Waals surface area contributed by atoms with Gasteiger partial charge in [0.25, 0.3) is 0 Å². The molecule has 2 rings (SSSR count). The van der Waals surface area contributed by atoms with Crippen LogP contribution in [-0.2, 0) is 31.2 Å². The Bertz CT molecular complexity index is 398. The fraction of sp³-hybridized carbons (Fsp3) is 0.600. The number of imidazole rings is 1. The SMILES string of the molecule is CN1CCc2c(nc(CC(=O)O)n2C)C1. The molecule has 0 radical (unpaired) electrons. The highest BCUT2D eigenvalue weighted by Gasteiger charge is 2.21. The lowest BCUT2D eigenvalue weighted by molar-refractivity contribution is -0.136. The molecule has 15 heavy (non-hydrogen) atoms. The number of fused-ring (bicyclic) bond motifs is 1. The molecule has 0 amide bonds. The van der Waals surface area contributed by atoms with Crippen LogP contribution >= 0.6 is 0 Å². The van der Waals surface area contributed by atoms with Gasteiger partial charge in [-0.2, -0.15) is 0 Å². The molecule has 1 aromatic heterocycles. The molecule has 0 saturated carbocycles. The number of hydrogen-bond acceptors (Lipinski definition) is 3. The van der Waals surface area contributed by atoms with Gasteiger partial charge in [-0.15, -0.1) is 0 Å². The molecule has 82 valence electrons. The zero-order valence-electron chi connectivity index (χ0n) is 9.03. The third-order valence-corrected chi connectivity index (χ3v) is 2.85. The maximum atomic E-state index is 10.6. The van der Waals surface area contributed by atoms with Gasteiger partial charge in [0, 0.05) is 32.3 Å². The molecule has 5 nitrogen and oxygen atoms in total. The number of aromatic nitrogens is 2. The van der Waals surface area contributed by atoms with Crippen LogP contribution in [0.1, 0.15) is 17.2 Å². The van der Waals surface area contributed by atoms with Crippen molar-refractivity contribution < 1.29 is 9.90 Å². The molecule has 1 aliphatic rings. The fourth-order valence-corrected chi connectivity index (χ4v) is 2.01. The molecular weight excluding hydrogens is 194 g/mol. The second-order valence-electron chi connectivity index (χ2n) is 4.04. The van der Waals surface area contributed by atoms with Gasteiger partial charge in [-0.25, -0.2) is 4.98 Å². The second kappa shape index (κ2) is 3.66.